The lowest BCUT2D eigenvalue weighted by Crippen LogP contribution is -2.71. The molecule has 7 nitrogen and oxygen atoms in total. The highest BCUT2D eigenvalue weighted by atomic mass is 32.2. The van der Waals surface area contributed by atoms with Crippen molar-refractivity contribution in [2.24, 2.45) is 17.3 Å². The molecule has 1 aromatic rings. The third-order valence-electron chi connectivity index (χ3n) is 11.0. The van der Waals surface area contributed by atoms with Crippen LogP contribution in [-0.2, 0) is 16.1 Å². The lowest BCUT2D eigenvalue weighted by molar-refractivity contribution is -0.284. The van der Waals surface area contributed by atoms with Gasteiger partial charge in [-0.15, -0.1) is 11.8 Å². The maximum Gasteiger partial charge on any atom is 0.255 e. The van der Waals surface area contributed by atoms with Gasteiger partial charge in [0.05, 0.1) is 5.60 Å². The third-order valence-corrected chi connectivity index (χ3v) is 12.2. The van der Waals surface area contributed by atoms with E-state index in [2.05, 4.69) is 16.7 Å². The highest BCUT2D eigenvalue weighted by molar-refractivity contribution is 7.99. The van der Waals surface area contributed by atoms with E-state index in [0.717, 1.165) is 53.9 Å². The third kappa shape index (κ3) is 3.66. The topological polar surface area (TPSA) is 98.7 Å². The Morgan fingerprint density at radius 1 is 1.05 bits per heavy atom. The zero-order chi connectivity index (χ0) is 26.1. The van der Waals surface area contributed by atoms with Crippen LogP contribution in [0.2, 0.25) is 0 Å². The second-order valence-electron chi connectivity index (χ2n) is 13.0. The normalized spacial score (nSPS) is 38.1. The quantitative estimate of drug-likeness (QED) is 0.226. The Balaban J connectivity index is 0.820. The van der Waals surface area contributed by atoms with Gasteiger partial charge in [0, 0.05) is 34.4 Å². The summed E-state index contributed by atoms with van der Waals surface area (Å²) in [6.45, 7) is 1.52. The maximum atomic E-state index is 13.0. The summed E-state index contributed by atoms with van der Waals surface area (Å²) in [5.41, 5.74) is 1.92. The van der Waals surface area contributed by atoms with Crippen LogP contribution in [0.15, 0.2) is 23.1 Å². The Morgan fingerprint density at radius 3 is 2.66 bits per heavy atom. The minimum atomic E-state index is -0.562. The Bertz CT molecular complexity index is 1190. The van der Waals surface area contributed by atoms with E-state index in [9.17, 15) is 19.5 Å². The molecule has 1 spiro atoms. The number of thioether (sulfide) groups is 1. The zero-order valence-electron chi connectivity index (χ0n) is 22.1. The van der Waals surface area contributed by atoms with E-state index < -0.39 is 6.04 Å². The van der Waals surface area contributed by atoms with Crippen molar-refractivity contribution in [2.75, 3.05) is 12.3 Å². The predicted molar refractivity (Wildman–Crippen MR) is 144 cm³/mol. The molecule has 0 aromatic heterocycles. The molecule has 6 atom stereocenters. The van der Waals surface area contributed by atoms with Gasteiger partial charge in [-0.05, 0) is 93.2 Å². The van der Waals surface area contributed by atoms with E-state index in [4.69, 9.17) is 0 Å². The molecule has 1 aromatic carbocycles. The number of piperidine rings is 1. The van der Waals surface area contributed by atoms with Gasteiger partial charge in [-0.3, -0.25) is 19.7 Å². The number of carbonyl (C=O) groups excluding carboxylic acids is 3. The molecule has 204 valence electrons. The Kier molecular flexibility index (Phi) is 5.99. The van der Waals surface area contributed by atoms with Crippen LogP contribution in [0.25, 0.3) is 0 Å². The van der Waals surface area contributed by atoms with E-state index in [1.165, 1.54) is 44.9 Å². The number of hydrogen-bond acceptors (Lipinski definition) is 6. The van der Waals surface area contributed by atoms with Crippen LogP contribution in [0, 0.1) is 17.3 Å². The van der Waals surface area contributed by atoms with Crippen molar-refractivity contribution < 1.29 is 19.5 Å². The molecule has 8 heteroatoms. The fourth-order valence-corrected chi connectivity index (χ4v) is 10.5. The largest absolute Gasteiger partial charge is 0.389 e. The van der Waals surface area contributed by atoms with Crippen molar-refractivity contribution in [1.82, 2.24) is 15.5 Å². The summed E-state index contributed by atoms with van der Waals surface area (Å²) in [5, 5.41) is 17.4. The van der Waals surface area contributed by atoms with Crippen molar-refractivity contribution in [2.45, 2.75) is 106 Å². The second kappa shape index (κ2) is 9.07. The Hall–Kier alpha value is -1.90. The van der Waals surface area contributed by atoms with Crippen LogP contribution in [0.4, 0.5) is 0 Å². The van der Waals surface area contributed by atoms with E-state index in [-0.39, 0.29) is 35.3 Å². The zero-order valence-corrected chi connectivity index (χ0v) is 22.9. The number of hydrogen-bond donors (Lipinski definition) is 3. The summed E-state index contributed by atoms with van der Waals surface area (Å²) in [4.78, 5) is 39.6. The smallest absolute Gasteiger partial charge is 0.255 e. The number of benzene rings is 1. The molecule has 2 aliphatic heterocycles. The number of imide groups is 1. The van der Waals surface area contributed by atoms with Gasteiger partial charge in [-0.2, -0.15) is 0 Å². The van der Waals surface area contributed by atoms with Gasteiger partial charge < -0.3 is 15.3 Å². The fourth-order valence-electron chi connectivity index (χ4n) is 9.37. The van der Waals surface area contributed by atoms with E-state index in [1.54, 1.807) is 4.90 Å². The first-order chi connectivity index (χ1) is 18.3. The second-order valence-corrected chi connectivity index (χ2v) is 14.1. The van der Waals surface area contributed by atoms with Gasteiger partial charge in [0.1, 0.15) is 6.04 Å². The van der Waals surface area contributed by atoms with Crippen molar-refractivity contribution in [3.8, 4) is 0 Å². The number of rotatable bonds is 11. The summed E-state index contributed by atoms with van der Waals surface area (Å²) in [6.07, 6.45) is 12.7. The molecule has 4 saturated carbocycles. The molecule has 5 fully saturated rings. The van der Waals surface area contributed by atoms with Gasteiger partial charge in [0.2, 0.25) is 11.8 Å². The Morgan fingerprint density at radius 2 is 1.87 bits per heavy atom. The molecule has 1 saturated heterocycles. The first-order valence-electron chi connectivity index (χ1n) is 14.7. The Labute approximate surface area is 228 Å². The molecule has 4 aliphatic carbocycles. The molecule has 7 rings (SSSR count). The van der Waals surface area contributed by atoms with E-state index in [1.807, 2.05) is 23.9 Å². The molecule has 2 bridgehead atoms. The van der Waals surface area contributed by atoms with Gasteiger partial charge >= 0.3 is 0 Å². The van der Waals surface area contributed by atoms with Crippen molar-refractivity contribution in [3.63, 3.8) is 0 Å². The fraction of sp³-hybridized carbons (Fsp3) is 0.700. The standard InChI is InChI=1S/C30H39N3O4S/c34-25-10-9-23(26(35)32-25)33-16-22-21(27(33)36)7-6-8-24(22)38-12-5-3-1-2-4-11-31-28-14-19-13-20-15-29(37,17-28)30(19,20)18-28/h6-8,19-20,23,31,37H,1-5,9-18H2,(H,32,34,35). The molecule has 2 heterocycles. The molecule has 3 N–H and O–H groups in total. The van der Waals surface area contributed by atoms with Crippen LogP contribution in [0.3, 0.4) is 0 Å². The monoisotopic (exact) mass is 537 g/mol. The molecule has 6 aliphatic rings. The summed E-state index contributed by atoms with van der Waals surface area (Å²) in [5.74, 6) is 1.91. The molecule has 3 amide bonds. The molecule has 0 radical (unpaired) electrons. The number of unbranched alkanes of at least 4 members (excludes halogenated alkanes) is 4. The number of nitrogens with zero attached hydrogens (tertiary/aromatic N) is 1. The summed E-state index contributed by atoms with van der Waals surface area (Å²) >= 11 is 1.81. The molecular formula is C30H39N3O4S. The van der Waals surface area contributed by atoms with Crippen molar-refractivity contribution in [1.29, 1.82) is 0 Å². The molecule has 6 unspecified atom stereocenters. The van der Waals surface area contributed by atoms with Gasteiger partial charge in [0.15, 0.2) is 0 Å². The van der Waals surface area contributed by atoms with Gasteiger partial charge in [0.25, 0.3) is 5.91 Å². The van der Waals surface area contributed by atoms with Crippen LogP contribution in [0.5, 0.6) is 0 Å². The van der Waals surface area contributed by atoms with Gasteiger partial charge in [-0.25, -0.2) is 0 Å². The van der Waals surface area contributed by atoms with Crippen LogP contribution in [0.1, 0.15) is 93.0 Å². The highest BCUT2D eigenvalue weighted by Gasteiger charge is 2.83. The van der Waals surface area contributed by atoms with Crippen LogP contribution in [-0.4, -0.2) is 57.2 Å². The lowest BCUT2D eigenvalue weighted by Gasteiger charge is -2.70. The first kappa shape index (κ1) is 25.1. The van der Waals surface area contributed by atoms with Gasteiger partial charge in [-0.1, -0.05) is 25.3 Å². The number of carbonyl (C=O) groups is 3. The van der Waals surface area contributed by atoms with Crippen molar-refractivity contribution in [3.05, 3.63) is 29.3 Å². The number of amides is 3. The van der Waals surface area contributed by atoms with E-state index >= 15 is 0 Å². The maximum absolute atomic E-state index is 13.0. The molecule has 38 heavy (non-hydrogen) atoms. The summed E-state index contributed by atoms with van der Waals surface area (Å²) < 4.78 is 0. The van der Waals surface area contributed by atoms with Crippen LogP contribution < -0.4 is 10.6 Å². The van der Waals surface area contributed by atoms with Crippen LogP contribution >= 0.6 is 11.8 Å². The average molecular weight is 538 g/mol. The van der Waals surface area contributed by atoms with E-state index in [0.29, 0.717) is 23.9 Å². The summed E-state index contributed by atoms with van der Waals surface area (Å²) in [6, 6.07) is 5.31. The molecular weight excluding hydrogens is 498 g/mol. The number of aliphatic hydroxyl groups is 1. The number of fused-ring (bicyclic) bond motifs is 2. The summed E-state index contributed by atoms with van der Waals surface area (Å²) in [7, 11) is 0. The predicted octanol–water partition coefficient (Wildman–Crippen LogP) is 3.77. The minimum Gasteiger partial charge on any atom is -0.389 e. The average Bonchev–Trinajstić information content (AvgIpc) is 3.45. The highest BCUT2D eigenvalue weighted by Crippen LogP contribution is 2.83. The lowest BCUT2D eigenvalue weighted by atomic mass is 9.36. The number of nitrogens with one attached hydrogen (secondary N) is 2. The first-order valence-corrected chi connectivity index (χ1v) is 15.7. The van der Waals surface area contributed by atoms with Crippen molar-refractivity contribution >= 4 is 29.5 Å². The SMILES string of the molecule is O=C1CCC(N2Cc3c(SCCCCCCCNC45CC6CC7CC(O)(C4)C67C5)cccc3C2=O)C(=O)N1. The minimum absolute atomic E-state index is 0.103.